The number of thiazole rings is 1. The topological polar surface area (TPSA) is 57.8 Å². The molecule has 1 aromatic carbocycles. The fourth-order valence-electron chi connectivity index (χ4n) is 2.64. The molecule has 2 aromatic heterocycles. The summed E-state index contributed by atoms with van der Waals surface area (Å²) in [5, 5.41) is 5.74. The van der Waals surface area contributed by atoms with Gasteiger partial charge in [0.05, 0.1) is 10.7 Å². The second kappa shape index (κ2) is 6.72. The van der Waals surface area contributed by atoms with Crippen LogP contribution in [0.15, 0.2) is 24.4 Å². The largest absolute Gasteiger partial charge is 0.361 e. The van der Waals surface area contributed by atoms with E-state index >= 15 is 0 Å². The number of fused-ring (bicyclic) bond motifs is 1. The molecule has 0 spiro atoms. The van der Waals surface area contributed by atoms with Crippen molar-refractivity contribution in [3.63, 3.8) is 0 Å². The molecule has 1 amide bonds. The number of amides is 1. The number of aromatic amines is 1. The molecular weight excluding hydrogens is 330 g/mol. The Kier molecular flexibility index (Phi) is 4.68. The van der Waals surface area contributed by atoms with Crippen molar-refractivity contribution >= 4 is 39.7 Å². The Labute approximate surface area is 143 Å². The number of carbonyl (C=O) groups is 1. The lowest BCUT2D eigenvalue weighted by Gasteiger charge is -2.04. The van der Waals surface area contributed by atoms with Crippen LogP contribution in [0.1, 0.15) is 32.9 Å². The summed E-state index contributed by atoms with van der Waals surface area (Å²) in [4.78, 5) is 20.7. The Bertz CT molecular complexity index is 853. The van der Waals surface area contributed by atoms with Crippen LogP contribution in [0.4, 0.5) is 0 Å². The molecule has 0 unspecified atom stereocenters. The summed E-state index contributed by atoms with van der Waals surface area (Å²) in [5.74, 6) is -0.0367. The van der Waals surface area contributed by atoms with E-state index in [1.807, 2.05) is 38.2 Å². The minimum absolute atomic E-state index is 0.0367. The lowest BCUT2D eigenvalue weighted by Crippen LogP contribution is -2.25. The smallest absolute Gasteiger partial charge is 0.263 e. The van der Waals surface area contributed by atoms with Gasteiger partial charge in [-0.1, -0.05) is 18.5 Å². The zero-order valence-electron chi connectivity index (χ0n) is 13.1. The van der Waals surface area contributed by atoms with Gasteiger partial charge in [0.1, 0.15) is 4.88 Å². The number of nitrogens with one attached hydrogen (secondary N) is 2. The Balaban J connectivity index is 1.66. The molecule has 120 valence electrons. The minimum Gasteiger partial charge on any atom is -0.361 e. The van der Waals surface area contributed by atoms with E-state index in [-0.39, 0.29) is 5.91 Å². The first-order chi connectivity index (χ1) is 11.1. The van der Waals surface area contributed by atoms with Crippen molar-refractivity contribution in [2.24, 2.45) is 0 Å². The lowest BCUT2D eigenvalue weighted by atomic mass is 10.1. The molecular formula is C17H18ClN3OS. The summed E-state index contributed by atoms with van der Waals surface area (Å²) in [5.41, 5.74) is 3.09. The standard InChI is InChI=1S/C17H18ClN3OS/c1-3-14-16(23-10(2)21-14)17(22)19-7-6-11-9-20-15-5-4-12(18)8-13(11)15/h4-5,8-9,20H,3,6-7H2,1-2H3,(H,19,22). The number of hydrogen-bond acceptors (Lipinski definition) is 3. The van der Waals surface area contributed by atoms with Crippen molar-refractivity contribution in [2.45, 2.75) is 26.7 Å². The van der Waals surface area contributed by atoms with Gasteiger partial charge in [0, 0.05) is 28.7 Å². The first kappa shape index (κ1) is 16.0. The third-order valence-electron chi connectivity index (χ3n) is 3.75. The first-order valence-corrected chi connectivity index (χ1v) is 8.78. The summed E-state index contributed by atoms with van der Waals surface area (Å²) < 4.78 is 0. The van der Waals surface area contributed by atoms with Crippen LogP contribution < -0.4 is 5.32 Å². The summed E-state index contributed by atoms with van der Waals surface area (Å²) in [7, 11) is 0. The van der Waals surface area contributed by atoms with Crippen molar-refractivity contribution in [1.82, 2.24) is 15.3 Å². The molecule has 23 heavy (non-hydrogen) atoms. The van der Waals surface area contributed by atoms with E-state index in [1.54, 1.807) is 0 Å². The van der Waals surface area contributed by atoms with Crippen molar-refractivity contribution in [2.75, 3.05) is 6.54 Å². The van der Waals surface area contributed by atoms with Gasteiger partial charge in [0.25, 0.3) is 5.91 Å². The normalized spacial score (nSPS) is 11.1. The van der Waals surface area contributed by atoms with E-state index in [9.17, 15) is 4.79 Å². The van der Waals surface area contributed by atoms with E-state index in [2.05, 4.69) is 15.3 Å². The number of aryl methyl sites for hydroxylation is 2. The highest BCUT2D eigenvalue weighted by Crippen LogP contribution is 2.23. The number of carbonyl (C=O) groups excluding carboxylic acids is 1. The van der Waals surface area contributed by atoms with Gasteiger partial charge in [-0.2, -0.15) is 0 Å². The molecule has 0 fully saturated rings. The zero-order valence-corrected chi connectivity index (χ0v) is 14.6. The highest BCUT2D eigenvalue weighted by molar-refractivity contribution is 7.13. The second-order valence-corrected chi connectivity index (χ2v) is 7.01. The van der Waals surface area contributed by atoms with Crippen molar-refractivity contribution in [1.29, 1.82) is 0 Å². The average Bonchev–Trinajstić information content (AvgIpc) is 3.10. The van der Waals surface area contributed by atoms with Crippen LogP contribution in [0, 0.1) is 6.92 Å². The van der Waals surface area contributed by atoms with Crippen LogP contribution >= 0.6 is 22.9 Å². The van der Waals surface area contributed by atoms with Crippen LogP contribution in [0.2, 0.25) is 5.02 Å². The Hall–Kier alpha value is -1.85. The molecule has 4 nitrogen and oxygen atoms in total. The molecule has 2 N–H and O–H groups in total. The van der Waals surface area contributed by atoms with Gasteiger partial charge in [0.2, 0.25) is 0 Å². The third-order valence-corrected chi connectivity index (χ3v) is 5.00. The van der Waals surface area contributed by atoms with Crippen molar-refractivity contribution in [3.05, 3.63) is 50.6 Å². The second-order valence-electron chi connectivity index (χ2n) is 5.37. The maximum absolute atomic E-state index is 12.3. The van der Waals surface area contributed by atoms with Gasteiger partial charge in [-0.25, -0.2) is 4.98 Å². The van der Waals surface area contributed by atoms with Crippen LogP contribution in [0.3, 0.4) is 0 Å². The number of H-pyrrole nitrogens is 1. The first-order valence-electron chi connectivity index (χ1n) is 7.58. The van der Waals surface area contributed by atoms with E-state index < -0.39 is 0 Å². The van der Waals surface area contributed by atoms with E-state index in [1.165, 1.54) is 11.3 Å². The highest BCUT2D eigenvalue weighted by Gasteiger charge is 2.15. The maximum atomic E-state index is 12.3. The number of benzene rings is 1. The van der Waals surface area contributed by atoms with Crippen molar-refractivity contribution < 1.29 is 4.79 Å². The zero-order chi connectivity index (χ0) is 16.4. The van der Waals surface area contributed by atoms with Gasteiger partial charge in [-0.05, 0) is 43.5 Å². The predicted molar refractivity (Wildman–Crippen MR) is 95.6 cm³/mol. The average molecular weight is 348 g/mol. The molecule has 0 aliphatic heterocycles. The molecule has 3 aromatic rings. The number of halogens is 1. The van der Waals surface area contributed by atoms with Crippen molar-refractivity contribution in [3.8, 4) is 0 Å². The van der Waals surface area contributed by atoms with Gasteiger partial charge >= 0.3 is 0 Å². The summed E-state index contributed by atoms with van der Waals surface area (Å²) in [6, 6.07) is 5.78. The van der Waals surface area contributed by atoms with Crippen LogP contribution in [-0.2, 0) is 12.8 Å². The Morgan fingerprint density at radius 2 is 2.26 bits per heavy atom. The van der Waals surface area contributed by atoms with E-state index in [4.69, 9.17) is 11.6 Å². The quantitative estimate of drug-likeness (QED) is 0.729. The molecule has 0 aliphatic rings. The maximum Gasteiger partial charge on any atom is 0.263 e. The van der Waals surface area contributed by atoms with Crippen LogP contribution in [0.25, 0.3) is 10.9 Å². The molecule has 0 atom stereocenters. The summed E-state index contributed by atoms with van der Waals surface area (Å²) in [6.07, 6.45) is 3.50. The molecule has 0 aliphatic carbocycles. The monoisotopic (exact) mass is 347 g/mol. The Morgan fingerprint density at radius 3 is 3.04 bits per heavy atom. The fourth-order valence-corrected chi connectivity index (χ4v) is 3.73. The van der Waals surface area contributed by atoms with E-state index in [0.29, 0.717) is 6.54 Å². The molecule has 2 heterocycles. The van der Waals surface area contributed by atoms with E-state index in [0.717, 1.165) is 49.9 Å². The summed E-state index contributed by atoms with van der Waals surface area (Å²) >= 11 is 7.51. The molecule has 0 radical (unpaired) electrons. The highest BCUT2D eigenvalue weighted by atomic mass is 35.5. The molecule has 0 bridgehead atoms. The van der Waals surface area contributed by atoms with Crippen LogP contribution in [0.5, 0.6) is 0 Å². The van der Waals surface area contributed by atoms with Gasteiger partial charge in [-0.15, -0.1) is 11.3 Å². The molecule has 0 saturated carbocycles. The van der Waals surface area contributed by atoms with Gasteiger partial charge in [0.15, 0.2) is 0 Å². The Morgan fingerprint density at radius 1 is 1.43 bits per heavy atom. The molecule has 6 heteroatoms. The van der Waals surface area contributed by atoms with Gasteiger partial charge < -0.3 is 10.3 Å². The minimum atomic E-state index is -0.0367. The molecule has 0 saturated heterocycles. The number of rotatable bonds is 5. The number of aromatic nitrogens is 2. The van der Waals surface area contributed by atoms with Crippen LogP contribution in [-0.4, -0.2) is 22.4 Å². The SMILES string of the molecule is CCc1nc(C)sc1C(=O)NCCc1c[nH]c2ccc(Cl)cc12. The summed E-state index contributed by atoms with van der Waals surface area (Å²) in [6.45, 7) is 4.52. The third kappa shape index (κ3) is 3.41. The number of hydrogen-bond donors (Lipinski definition) is 2. The fraction of sp³-hybridized carbons (Fsp3) is 0.294. The number of nitrogens with zero attached hydrogens (tertiary/aromatic N) is 1. The predicted octanol–water partition coefficient (Wildman–Crippen LogP) is 4.12. The lowest BCUT2D eigenvalue weighted by molar-refractivity contribution is 0.0957. The van der Waals surface area contributed by atoms with Gasteiger partial charge in [-0.3, -0.25) is 4.79 Å². The molecule has 3 rings (SSSR count).